The minimum atomic E-state index is -0.433. The lowest BCUT2D eigenvalue weighted by molar-refractivity contribution is -0.114. The molecule has 0 bridgehead atoms. The molecule has 1 heterocycles. The van der Waals surface area contributed by atoms with Gasteiger partial charge >= 0.3 is 0 Å². The van der Waals surface area contributed by atoms with E-state index < -0.39 is 5.91 Å². The summed E-state index contributed by atoms with van der Waals surface area (Å²) < 4.78 is 0.620. The monoisotopic (exact) mass is 399 g/mol. The second kappa shape index (κ2) is 9.00. The zero-order valence-electron chi connectivity index (χ0n) is 13.7. The number of aromatic nitrogens is 1. The third-order valence-electron chi connectivity index (χ3n) is 3.65. The van der Waals surface area contributed by atoms with Gasteiger partial charge in [0.15, 0.2) is 0 Å². The predicted molar refractivity (Wildman–Crippen MR) is 100 cm³/mol. The summed E-state index contributed by atoms with van der Waals surface area (Å²) in [7, 11) is 0. The van der Waals surface area contributed by atoms with Crippen LogP contribution in [0, 0.1) is 11.3 Å². The van der Waals surface area contributed by atoms with Gasteiger partial charge in [0.25, 0.3) is 5.91 Å². The van der Waals surface area contributed by atoms with E-state index in [9.17, 15) is 9.90 Å². The maximum Gasteiger partial charge on any atom is 0.269 e. The summed E-state index contributed by atoms with van der Waals surface area (Å²) in [6.45, 7) is 3.96. The lowest BCUT2D eigenvalue weighted by atomic mass is 10.1. The lowest BCUT2D eigenvalue weighted by Crippen LogP contribution is -2.33. The van der Waals surface area contributed by atoms with E-state index in [1.54, 1.807) is 36.4 Å². The fourth-order valence-corrected chi connectivity index (χ4v) is 2.67. The van der Waals surface area contributed by atoms with Crippen molar-refractivity contribution in [1.29, 1.82) is 5.26 Å². The van der Waals surface area contributed by atoms with Gasteiger partial charge in [-0.05, 0) is 65.0 Å². The van der Waals surface area contributed by atoms with Crippen molar-refractivity contribution < 1.29 is 9.90 Å². The third-order valence-corrected chi connectivity index (χ3v) is 4.09. The molecular formula is C19H18BrN3O2. The Hall–Kier alpha value is -2.65. The number of carbonyl (C=O) groups excluding carboxylic acids is 1. The van der Waals surface area contributed by atoms with Crippen molar-refractivity contribution in [3.05, 3.63) is 64.8 Å². The summed E-state index contributed by atoms with van der Waals surface area (Å²) in [5, 5.41) is 18.2. The van der Waals surface area contributed by atoms with Gasteiger partial charge in [-0.3, -0.25) is 9.69 Å². The highest BCUT2D eigenvalue weighted by Crippen LogP contribution is 2.18. The SMILES string of the molecule is C=C(C#N)C(=O)N(CCCCc1ccc(O)cc1)c1cccc(Br)n1. The van der Waals surface area contributed by atoms with Crippen LogP contribution in [0.3, 0.4) is 0 Å². The quantitative estimate of drug-likeness (QED) is 0.330. The van der Waals surface area contributed by atoms with E-state index in [0.29, 0.717) is 17.0 Å². The molecule has 0 atom stereocenters. The first-order valence-corrected chi connectivity index (χ1v) is 8.62. The molecule has 0 aliphatic heterocycles. The van der Waals surface area contributed by atoms with Gasteiger partial charge in [-0.25, -0.2) is 4.98 Å². The molecule has 0 aliphatic carbocycles. The van der Waals surface area contributed by atoms with E-state index in [-0.39, 0.29) is 11.3 Å². The van der Waals surface area contributed by atoms with Crippen LogP contribution < -0.4 is 4.90 Å². The molecule has 128 valence electrons. The number of phenolic OH excluding ortho intramolecular Hbond substituents is 1. The van der Waals surface area contributed by atoms with Gasteiger partial charge in [0, 0.05) is 6.54 Å². The number of aryl methyl sites for hydroxylation is 1. The van der Waals surface area contributed by atoms with Crippen molar-refractivity contribution in [2.45, 2.75) is 19.3 Å². The van der Waals surface area contributed by atoms with Gasteiger partial charge in [-0.15, -0.1) is 0 Å². The number of carbonyl (C=O) groups is 1. The fourth-order valence-electron chi connectivity index (χ4n) is 2.34. The number of phenols is 1. The molecular weight excluding hydrogens is 382 g/mol. The van der Waals surface area contributed by atoms with Crippen molar-refractivity contribution >= 4 is 27.7 Å². The van der Waals surface area contributed by atoms with Gasteiger partial charge in [0.05, 0.1) is 0 Å². The fraction of sp³-hybridized carbons (Fsp3) is 0.211. The summed E-state index contributed by atoms with van der Waals surface area (Å²) >= 11 is 3.29. The van der Waals surface area contributed by atoms with Crippen molar-refractivity contribution in [2.24, 2.45) is 0 Å². The molecule has 2 aromatic rings. The first-order valence-electron chi connectivity index (χ1n) is 7.82. The Morgan fingerprint density at radius 1 is 1.24 bits per heavy atom. The molecule has 25 heavy (non-hydrogen) atoms. The van der Waals surface area contributed by atoms with Crippen molar-refractivity contribution in [3.8, 4) is 11.8 Å². The van der Waals surface area contributed by atoms with Crippen LogP contribution in [0.5, 0.6) is 5.75 Å². The Morgan fingerprint density at radius 2 is 1.96 bits per heavy atom. The molecule has 0 spiro atoms. The molecule has 1 amide bonds. The number of nitriles is 1. The van der Waals surface area contributed by atoms with Crippen molar-refractivity contribution in [1.82, 2.24) is 4.98 Å². The van der Waals surface area contributed by atoms with Crippen LogP contribution in [-0.4, -0.2) is 22.5 Å². The number of unbranched alkanes of at least 4 members (excludes halogenated alkanes) is 1. The normalized spacial score (nSPS) is 10.1. The standard InChI is InChI=1S/C19H18BrN3O2/c1-14(13-21)19(25)23(18-7-4-6-17(20)22-18)12-3-2-5-15-8-10-16(24)11-9-15/h4,6-11,24H,1-3,5,12H2. The second-order valence-electron chi connectivity index (χ2n) is 5.49. The molecule has 0 unspecified atom stereocenters. The summed E-state index contributed by atoms with van der Waals surface area (Å²) in [5.74, 6) is 0.300. The summed E-state index contributed by atoms with van der Waals surface area (Å²) in [6, 6.07) is 14.2. The van der Waals surface area contributed by atoms with Crippen LogP contribution in [0.25, 0.3) is 0 Å². The highest BCUT2D eigenvalue weighted by molar-refractivity contribution is 9.10. The maximum absolute atomic E-state index is 12.4. The van der Waals surface area contributed by atoms with E-state index in [4.69, 9.17) is 5.26 Å². The van der Waals surface area contributed by atoms with Crippen LogP contribution in [0.4, 0.5) is 5.82 Å². The maximum atomic E-state index is 12.4. The predicted octanol–water partition coefficient (Wildman–Crippen LogP) is 3.99. The highest BCUT2D eigenvalue weighted by atomic mass is 79.9. The summed E-state index contributed by atoms with van der Waals surface area (Å²) in [6.07, 6.45) is 2.45. The third kappa shape index (κ3) is 5.44. The van der Waals surface area contributed by atoms with E-state index in [1.807, 2.05) is 12.1 Å². The van der Waals surface area contributed by atoms with Crippen LogP contribution in [0.15, 0.2) is 59.2 Å². The minimum absolute atomic E-state index is 0.111. The van der Waals surface area contributed by atoms with Gasteiger partial charge in [0.1, 0.15) is 27.8 Å². The minimum Gasteiger partial charge on any atom is -0.508 e. The molecule has 0 radical (unpaired) electrons. The van der Waals surface area contributed by atoms with Gasteiger partial charge < -0.3 is 5.11 Å². The highest BCUT2D eigenvalue weighted by Gasteiger charge is 2.19. The van der Waals surface area contributed by atoms with Gasteiger partial charge in [-0.2, -0.15) is 5.26 Å². The number of anilines is 1. The number of benzene rings is 1. The number of hydrogen-bond acceptors (Lipinski definition) is 4. The van der Waals surface area contributed by atoms with Crippen molar-refractivity contribution in [2.75, 3.05) is 11.4 Å². The van der Waals surface area contributed by atoms with Crippen LogP contribution in [0.1, 0.15) is 18.4 Å². The Balaban J connectivity index is 2.01. The Morgan fingerprint density at radius 3 is 2.60 bits per heavy atom. The zero-order valence-corrected chi connectivity index (χ0v) is 15.2. The Bertz CT molecular complexity index is 797. The molecule has 0 aliphatic rings. The van der Waals surface area contributed by atoms with Crippen LogP contribution in [-0.2, 0) is 11.2 Å². The molecule has 1 aromatic heterocycles. The number of nitrogens with zero attached hydrogens (tertiary/aromatic N) is 3. The average Bonchev–Trinajstić information content (AvgIpc) is 2.62. The van der Waals surface area contributed by atoms with E-state index in [0.717, 1.165) is 24.8 Å². The zero-order chi connectivity index (χ0) is 18.2. The average molecular weight is 400 g/mol. The smallest absolute Gasteiger partial charge is 0.269 e. The first kappa shape index (κ1) is 18.7. The molecule has 0 saturated heterocycles. The van der Waals surface area contributed by atoms with Crippen LogP contribution >= 0.6 is 15.9 Å². The summed E-state index contributed by atoms with van der Waals surface area (Å²) in [4.78, 5) is 18.2. The number of aromatic hydroxyl groups is 1. The molecule has 6 heteroatoms. The second-order valence-corrected chi connectivity index (χ2v) is 6.30. The molecule has 2 rings (SSSR count). The molecule has 0 fully saturated rings. The van der Waals surface area contributed by atoms with Crippen molar-refractivity contribution in [3.63, 3.8) is 0 Å². The molecule has 5 nitrogen and oxygen atoms in total. The Kier molecular flexibility index (Phi) is 6.72. The summed E-state index contributed by atoms with van der Waals surface area (Å²) in [5.41, 5.74) is 1.01. The molecule has 1 N–H and O–H groups in total. The number of rotatable bonds is 7. The van der Waals surface area contributed by atoms with E-state index in [1.165, 1.54) is 4.90 Å². The largest absolute Gasteiger partial charge is 0.508 e. The van der Waals surface area contributed by atoms with Crippen LogP contribution in [0.2, 0.25) is 0 Å². The van der Waals surface area contributed by atoms with E-state index in [2.05, 4.69) is 27.5 Å². The number of amides is 1. The molecule has 0 saturated carbocycles. The Labute approximate surface area is 155 Å². The van der Waals surface area contributed by atoms with Gasteiger partial charge in [-0.1, -0.05) is 24.8 Å². The number of pyridine rings is 1. The number of hydrogen-bond donors (Lipinski definition) is 1. The first-order chi connectivity index (χ1) is 12.0. The van der Waals surface area contributed by atoms with E-state index >= 15 is 0 Å². The molecule has 1 aromatic carbocycles. The topological polar surface area (TPSA) is 77.2 Å². The lowest BCUT2D eigenvalue weighted by Gasteiger charge is -2.21. The number of halogens is 1. The van der Waals surface area contributed by atoms with Gasteiger partial charge in [0.2, 0.25) is 0 Å².